The number of hydrogen-bond donors (Lipinski definition) is 1. The molecular weight excluding hydrogens is 669 g/mol. The predicted molar refractivity (Wildman–Crippen MR) is 235 cm³/mol. The molecule has 3 nitrogen and oxygen atoms in total. The molecule has 0 aromatic heterocycles. The molecule has 0 saturated heterocycles. The van der Waals surface area contributed by atoms with Gasteiger partial charge in [0.25, 0.3) is 0 Å². The molecule has 0 aliphatic rings. The van der Waals surface area contributed by atoms with Gasteiger partial charge in [0.2, 0.25) is 0 Å². The molecule has 0 spiro atoms. The van der Waals surface area contributed by atoms with Gasteiger partial charge >= 0.3 is 0 Å². The Bertz CT molecular complexity index is 1240. The summed E-state index contributed by atoms with van der Waals surface area (Å²) >= 11 is 0. The van der Waals surface area contributed by atoms with Gasteiger partial charge in [0, 0.05) is 0 Å². The zero-order chi connectivity index (χ0) is 38.8. The van der Waals surface area contributed by atoms with Crippen molar-refractivity contribution in [2.75, 3.05) is 0 Å². The van der Waals surface area contributed by atoms with E-state index in [4.69, 9.17) is 8.85 Å². The average Bonchev–Trinajstić information content (AvgIpc) is 3.21. The monoisotopic (exact) mass is 749 g/mol. The van der Waals surface area contributed by atoms with Crippen LogP contribution in [-0.4, -0.2) is 32.9 Å². The third kappa shape index (κ3) is 12.1. The summed E-state index contributed by atoms with van der Waals surface area (Å²) in [4.78, 5) is 0. The second kappa shape index (κ2) is 22.6. The van der Waals surface area contributed by atoms with Crippen molar-refractivity contribution in [2.24, 2.45) is 0 Å². The van der Waals surface area contributed by atoms with E-state index in [1.165, 1.54) is 58.5 Å². The van der Waals surface area contributed by atoms with Crippen LogP contribution >= 0.6 is 0 Å². The molecule has 0 aliphatic heterocycles. The highest BCUT2D eigenvalue weighted by Crippen LogP contribution is 2.38. The molecule has 0 saturated carbocycles. The Balaban J connectivity index is 2.29. The minimum absolute atomic E-state index is 0.0338. The van der Waals surface area contributed by atoms with Crippen LogP contribution < -0.4 is 0 Å². The molecule has 0 unspecified atom stereocenters. The molecule has 0 radical (unpaired) electrons. The maximum absolute atomic E-state index is 11.7. The van der Waals surface area contributed by atoms with Crippen LogP contribution in [0.4, 0.5) is 0 Å². The summed E-state index contributed by atoms with van der Waals surface area (Å²) in [5.41, 5.74) is 6.95. The van der Waals surface area contributed by atoms with E-state index in [1.54, 1.807) is 0 Å². The highest BCUT2D eigenvalue weighted by atomic mass is 28.4. The zero-order valence-corrected chi connectivity index (χ0v) is 37.9. The number of benzene rings is 2. The molecule has 0 amide bonds. The molecular formula is C47H80O3Si2. The Morgan fingerprint density at radius 1 is 0.558 bits per heavy atom. The van der Waals surface area contributed by atoms with Gasteiger partial charge in [-0.1, -0.05) is 132 Å². The van der Waals surface area contributed by atoms with Crippen molar-refractivity contribution in [3.8, 4) is 0 Å². The van der Waals surface area contributed by atoms with Crippen LogP contribution in [0.5, 0.6) is 0 Å². The maximum atomic E-state index is 11.7. The third-order valence-electron chi connectivity index (χ3n) is 13.2. The molecule has 1 N–H and O–H groups in total. The average molecular weight is 749 g/mol. The Kier molecular flexibility index (Phi) is 20.1. The molecule has 2 rings (SSSR count). The lowest BCUT2D eigenvalue weighted by Crippen LogP contribution is -2.46. The number of rotatable bonds is 26. The van der Waals surface area contributed by atoms with Crippen molar-refractivity contribution in [1.29, 1.82) is 0 Å². The van der Waals surface area contributed by atoms with Gasteiger partial charge in [0.05, 0.1) is 11.2 Å². The first kappa shape index (κ1) is 46.4. The molecule has 0 aliphatic carbocycles. The first-order valence-corrected chi connectivity index (χ1v) is 26.7. The number of aliphatic hydroxyl groups excluding tert-OH is 1. The Hall–Kier alpha value is -1.77. The predicted octanol–water partition coefficient (Wildman–Crippen LogP) is 15.1. The fourth-order valence-electron chi connectivity index (χ4n) is 8.41. The van der Waals surface area contributed by atoms with Crippen LogP contribution in [0, 0.1) is 0 Å². The Labute approximate surface area is 324 Å². The zero-order valence-electron chi connectivity index (χ0n) is 35.9. The van der Waals surface area contributed by atoms with E-state index in [1.807, 2.05) is 0 Å². The van der Waals surface area contributed by atoms with Gasteiger partial charge in [0.15, 0.2) is 16.6 Å². The SMILES string of the molecule is CC/C(=C/CCC(CC)(CC)O[Si](CC)(CC)CC)c1cccc(C(O)c2cccc(/C(=C\CCC(CC)(CC)O[Si](CC)(CC)CC)CC)c2)c1. The summed E-state index contributed by atoms with van der Waals surface area (Å²) in [7, 11) is -3.39. The highest BCUT2D eigenvalue weighted by Gasteiger charge is 2.39. The first-order valence-electron chi connectivity index (χ1n) is 21.6. The van der Waals surface area contributed by atoms with Gasteiger partial charge in [-0.25, -0.2) is 0 Å². The molecule has 0 heterocycles. The highest BCUT2D eigenvalue weighted by molar-refractivity contribution is 6.74. The lowest BCUT2D eigenvalue weighted by molar-refractivity contribution is 0.0394. The summed E-state index contributed by atoms with van der Waals surface area (Å²) in [6.45, 7) is 27.7. The third-order valence-corrected chi connectivity index (χ3v) is 22.7. The molecule has 2 aromatic carbocycles. The van der Waals surface area contributed by atoms with E-state index in [-0.39, 0.29) is 11.2 Å². The van der Waals surface area contributed by atoms with E-state index in [9.17, 15) is 5.11 Å². The smallest absolute Gasteiger partial charge is 0.192 e. The van der Waals surface area contributed by atoms with Crippen LogP contribution in [0.2, 0.25) is 36.3 Å². The molecule has 0 fully saturated rings. The fourth-order valence-corrected chi connectivity index (χ4v) is 14.9. The summed E-state index contributed by atoms with van der Waals surface area (Å²) in [6, 6.07) is 24.3. The fraction of sp³-hybridized carbons (Fsp3) is 0.660. The molecule has 0 bridgehead atoms. The van der Waals surface area contributed by atoms with Gasteiger partial charge in [-0.2, -0.15) is 0 Å². The van der Waals surface area contributed by atoms with Crippen molar-refractivity contribution in [1.82, 2.24) is 0 Å². The summed E-state index contributed by atoms with van der Waals surface area (Å²) in [5, 5.41) is 11.7. The van der Waals surface area contributed by atoms with Crippen molar-refractivity contribution in [3.05, 3.63) is 82.9 Å². The van der Waals surface area contributed by atoms with Gasteiger partial charge in [-0.3, -0.25) is 0 Å². The normalized spacial score (nSPS) is 14.2. The standard InChI is InChI=1S/C47H80O3Si2/c1-13-39(33-27-35-46(15-3,16-4)49-51(19-7,20-8)21-9)41-29-25-31-43(37-41)45(48)44-32-26-30-42(38-44)40(14-2)34-28-36-47(17-5,18-6)50-52(22-10,23-11)24-12/h25-26,29-34,37-38,45,48H,13-24,27-28,35-36H2,1-12H3/b39-33-,40-34-. The van der Waals surface area contributed by atoms with E-state index in [2.05, 4.69) is 144 Å². The topological polar surface area (TPSA) is 38.7 Å². The molecule has 0 atom stereocenters. The van der Waals surface area contributed by atoms with E-state index in [0.717, 1.165) is 75.3 Å². The van der Waals surface area contributed by atoms with Crippen LogP contribution in [0.25, 0.3) is 11.1 Å². The van der Waals surface area contributed by atoms with Crippen molar-refractivity contribution in [2.45, 2.75) is 201 Å². The van der Waals surface area contributed by atoms with Crippen LogP contribution in [0.15, 0.2) is 60.7 Å². The minimum Gasteiger partial charge on any atom is -0.411 e. The molecule has 52 heavy (non-hydrogen) atoms. The van der Waals surface area contributed by atoms with Gasteiger partial charge in [-0.15, -0.1) is 0 Å². The van der Waals surface area contributed by atoms with Gasteiger partial charge < -0.3 is 14.0 Å². The van der Waals surface area contributed by atoms with E-state index < -0.39 is 22.7 Å². The molecule has 5 heteroatoms. The minimum atomic E-state index is -1.70. The largest absolute Gasteiger partial charge is 0.411 e. The quantitative estimate of drug-likeness (QED) is 0.0974. The number of aliphatic hydroxyl groups is 1. The van der Waals surface area contributed by atoms with Crippen molar-refractivity contribution >= 4 is 27.8 Å². The first-order chi connectivity index (χ1) is 25.0. The van der Waals surface area contributed by atoms with Crippen molar-refractivity contribution < 1.29 is 14.0 Å². The summed E-state index contributed by atoms with van der Waals surface area (Å²) in [6.07, 6.45) is 14.5. The summed E-state index contributed by atoms with van der Waals surface area (Å²) in [5.74, 6) is 0. The summed E-state index contributed by atoms with van der Waals surface area (Å²) < 4.78 is 14.3. The van der Waals surface area contributed by atoms with Crippen LogP contribution in [0.1, 0.15) is 176 Å². The number of hydrogen-bond acceptors (Lipinski definition) is 3. The van der Waals surface area contributed by atoms with Crippen LogP contribution in [-0.2, 0) is 8.85 Å². The van der Waals surface area contributed by atoms with Gasteiger partial charge in [-0.05, 0) is 146 Å². The lowest BCUT2D eigenvalue weighted by atomic mass is 9.89. The Morgan fingerprint density at radius 2 is 0.885 bits per heavy atom. The number of allylic oxidation sites excluding steroid dienone is 4. The second-order valence-electron chi connectivity index (χ2n) is 15.4. The van der Waals surface area contributed by atoms with Crippen molar-refractivity contribution in [3.63, 3.8) is 0 Å². The van der Waals surface area contributed by atoms with E-state index in [0.29, 0.717) is 0 Å². The Morgan fingerprint density at radius 3 is 1.15 bits per heavy atom. The molecule has 294 valence electrons. The molecule has 2 aromatic rings. The lowest BCUT2D eigenvalue weighted by Gasteiger charge is -2.42. The van der Waals surface area contributed by atoms with Gasteiger partial charge in [0.1, 0.15) is 6.10 Å². The van der Waals surface area contributed by atoms with Crippen LogP contribution in [0.3, 0.4) is 0 Å². The second-order valence-corrected chi connectivity index (χ2v) is 24.8. The maximum Gasteiger partial charge on any atom is 0.192 e. The van der Waals surface area contributed by atoms with E-state index >= 15 is 0 Å².